The summed E-state index contributed by atoms with van der Waals surface area (Å²) in [6.07, 6.45) is -1.94. The fourth-order valence-electron chi connectivity index (χ4n) is 2.81. The molecule has 21 heavy (non-hydrogen) atoms. The van der Waals surface area contributed by atoms with Gasteiger partial charge in [0.1, 0.15) is 0 Å². The zero-order valence-electron chi connectivity index (χ0n) is 11.3. The molecule has 0 aliphatic heterocycles. The van der Waals surface area contributed by atoms with Gasteiger partial charge in [0.25, 0.3) is 0 Å². The van der Waals surface area contributed by atoms with E-state index in [1.807, 2.05) is 18.2 Å². The molecule has 0 bridgehead atoms. The lowest BCUT2D eigenvalue weighted by atomic mass is 9.84. The fourth-order valence-corrected chi connectivity index (χ4v) is 3.91. The van der Waals surface area contributed by atoms with Crippen molar-refractivity contribution in [1.82, 2.24) is 4.98 Å². The maximum Gasteiger partial charge on any atom is 0.434 e. The van der Waals surface area contributed by atoms with Crippen LogP contribution in [0, 0.1) is 0 Å². The van der Waals surface area contributed by atoms with Gasteiger partial charge in [0, 0.05) is 12.5 Å². The largest absolute Gasteiger partial charge is 0.434 e. The molecule has 0 radical (unpaired) electrons. The second kappa shape index (κ2) is 5.42. The number of alkyl halides is 3. The van der Waals surface area contributed by atoms with Gasteiger partial charge in [-0.1, -0.05) is 24.3 Å². The smallest absolute Gasteiger partial charge is 0.326 e. The molecule has 1 unspecified atom stereocenters. The van der Waals surface area contributed by atoms with Crippen LogP contribution in [-0.2, 0) is 25.6 Å². The van der Waals surface area contributed by atoms with Crippen molar-refractivity contribution in [2.75, 3.05) is 0 Å². The van der Waals surface area contributed by atoms with Crippen molar-refractivity contribution in [3.05, 3.63) is 51.0 Å². The van der Waals surface area contributed by atoms with Crippen LogP contribution in [0.25, 0.3) is 0 Å². The van der Waals surface area contributed by atoms with E-state index in [1.165, 1.54) is 11.1 Å². The van der Waals surface area contributed by atoms with E-state index in [0.29, 0.717) is 5.01 Å². The van der Waals surface area contributed by atoms with E-state index < -0.39 is 11.9 Å². The molecule has 1 atom stereocenters. The third-order valence-electron chi connectivity index (χ3n) is 3.86. The Labute approximate surface area is 124 Å². The lowest BCUT2D eigenvalue weighted by Crippen LogP contribution is -2.14. The number of fused-ring (bicyclic) bond motifs is 1. The molecule has 0 spiro atoms. The number of nitrogens with zero attached hydrogens (tertiary/aromatic N) is 1. The average Bonchev–Trinajstić information content (AvgIpc) is 2.91. The predicted octanol–water partition coefficient (Wildman–Crippen LogP) is 3.89. The van der Waals surface area contributed by atoms with Gasteiger partial charge >= 0.3 is 6.18 Å². The molecule has 1 aliphatic rings. The van der Waals surface area contributed by atoms with Crippen molar-refractivity contribution in [3.63, 3.8) is 0 Å². The third-order valence-corrected chi connectivity index (χ3v) is 5.10. The molecule has 6 heteroatoms. The topological polar surface area (TPSA) is 38.9 Å². The number of aromatic nitrogens is 1. The highest BCUT2D eigenvalue weighted by atomic mass is 32.1. The van der Waals surface area contributed by atoms with E-state index in [-0.39, 0.29) is 17.3 Å². The molecule has 0 amide bonds. The van der Waals surface area contributed by atoms with E-state index in [0.717, 1.165) is 30.6 Å². The van der Waals surface area contributed by atoms with Crippen molar-refractivity contribution in [2.45, 2.75) is 37.9 Å². The highest BCUT2D eigenvalue weighted by Gasteiger charge is 2.38. The molecular weight excluding hydrogens is 297 g/mol. The van der Waals surface area contributed by atoms with Crippen LogP contribution in [0.5, 0.6) is 0 Å². The normalized spacial score (nSPS) is 18.6. The molecule has 2 aromatic rings. The van der Waals surface area contributed by atoms with E-state index in [2.05, 4.69) is 11.1 Å². The van der Waals surface area contributed by atoms with E-state index in [4.69, 9.17) is 5.73 Å². The second-order valence-corrected chi connectivity index (χ2v) is 6.35. The lowest BCUT2D eigenvalue weighted by Gasteiger charge is -2.22. The molecule has 1 heterocycles. The number of nitrogens with two attached hydrogens (primary N) is 1. The van der Waals surface area contributed by atoms with Gasteiger partial charge in [-0.3, -0.25) is 0 Å². The van der Waals surface area contributed by atoms with Crippen LogP contribution in [-0.4, -0.2) is 4.98 Å². The van der Waals surface area contributed by atoms with Crippen LogP contribution >= 0.6 is 11.3 Å². The number of thiazole rings is 1. The first-order valence-corrected chi connectivity index (χ1v) is 7.64. The molecule has 1 aromatic heterocycles. The quantitative estimate of drug-likeness (QED) is 0.913. The number of hydrogen-bond donors (Lipinski definition) is 1. The van der Waals surface area contributed by atoms with Crippen LogP contribution in [0.1, 0.15) is 39.0 Å². The molecule has 1 aromatic carbocycles. The number of halogens is 3. The Morgan fingerprint density at radius 3 is 2.57 bits per heavy atom. The molecule has 0 fully saturated rings. The average molecular weight is 312 g/mol. The first-order valence-electron chi connectivity index (χ1n) is 6.82. The molecule has 0 saturated carbocycles. The second-order valence-electron chi connectivity index (χ2n) is 5.23. The summed E-state index contributed by atoms with van der Waals surface area (Å²) in [6, 6.07) is 8.09. The van der Waals surface area contributed by atoms with Crippen LogP contribution in [0.2, 0.25) is 0 Å². The maximum atomic E-state index is 12.9. The van der Waals surface area contributed by atoms with Crippen molar-refractivity contribution in [2.24, 2.45) is 5.73 Å². The summed E-state index contributed by atoms with van der Waals surface area (Å²) in [4.78, 5) is 4.00. The maximum absolute atomic E-state index is 12.9. The molecule has 2 nitrogen and oxygen atoms in total. The summed E-state index contributed by atoms with van der Waals surface area (Å²) in [7, 11) is 0. The summed E-state index contributed by atoms with van der Waals surface area (Å²) in [5.41, 5.74) is 7.14. The lowest BCUT2D eigenvalue weighted by molar-refractivity contribution is -0.141. The van der Waals surface area contributed by atoms with Gasteiger partial charge in [-0.25, -0.2) is 4.98 Å². The van der Waals surface area contributed by atoms with Crippen molar-refractivity contribution in [1.29, 1.82) is 0 Å². The number of rotatable bonds is 2. The Balaban J connectivity index is 1.91. The SMILES string of the molecule is NCc1sc(C2CCc3ccccc3C2)nc1C(F)(F)F. The molecule has 1 aliphatic carbocycles. The van der Waals surface area contributed by atoms with Crippen LogP contribution < -0.4 is 5.73 Å². The summed E-state index contributed by atoms with van der Waals surface area (Å²) in [5, 5.41) is 0.567. The highest BCUT2D eigenvalue weighted by molar-refractivity contribution is 7.11. The predicted molar refractivity (Wildman–Crippen MR) is 76.2 cm³/mol. The first-order chi connectivity index (χ1) is 9.99. The highest BCUT2D eigenvalue weighted by Crippen LogP contribution is 2.39. The third kappa shape index (κ3) is 2.82. The van der Waals surface area contributed by atoms with Gasteiger partial charge in [0.05, 0.1) is 9.88 Å². The van der Waals surface area contributed by atoms with Gasteiger partial charge in [-0.15, -0.1) is 11.3 Å². The summed E-state index contributed by atoms with van der Waals surface area (Å²) in [5.74, 6) is 0.0614. The monoisotopic (exact) mass is 312 g/mol. The zero-order valence-corrected chi connectivity index (χ0v) is 12.1. The van der Waals surface area contributed by atoms with Crippen LogP contribution in [0.4, 0.5) is 13.2 Å². The number of benzene rings is 1. The van der Waals surface area contributed by atoms with Gasteiger partial charge in [-0.05, 0) is 30.4 Å². The minimum Gasteiger partial charge on any atom is -0.326 e. The summed E-state index contributed by atoms with van der Waals surface area (Å²) < 4.78 is 38.8. The van der Waals surface area contributed by atoms with Crippen molar-refractivity contribution < 1.29 is 13.2 Å². The van der Waals surface area contributed by atoms with Crippen LogP contribution in [0.3, 0.4) is 0 Å². The Morgan fingerprint density at radius 1 is 1.24 bits per heavy atom. The molecular formula is C15H15F3N2S. The van der Waals surface area contributed by atoms with E-state index in [1.54, 1.807) is 0 Å². The molecule has 3 rings (SSSR count). The van der Waals surface area contributed by atoms with Crippen molar-refractivity contribution >= 4 is 11.3 Å². The fraction of sp³-hybridized carbons (Fsp3) is 0.400. The van der Waals surface area contributed by atoms with Gasteiger partial charge in [0.15, 0.2) is 5.69 Å². The first kappa shape index (κ1) is 14.5. The zero-order chi connectivity index (χ0) is 15.0. The standard InChI is InChI=1S/C15H15F3N2S/c16-15(17,18)13-12(8-19)21-14(20-13)11-6-5-9-3-1-2-4-10(9)7-11/h1-4,11H,5-8,19H2. The Bertz CT molecular complexity index is 649. The minimum atomic E-state index is -4.42. The van der Waals surface area contributed by atoms with Crippen molar-refractivity contribution in [3.8, 4) is 0 Å². The van der Waals surface area contributed by atoms with Crippen LogP contribution in [0.15, 0.2) is 24.3 Å². The van der Waals surface area contributed by atoms with E-state index >= 15 is 0 Å². The van der Waals surface area contributed by atoms with Gasteiger partial charge in [-0.2, -0.15) is 13.2 Å². The number of aryl methyl sites for hydroxylation is 1. The number of hydrogen-bond acceptors (Lipinski definition) is 3. The Hall–Kier alpha value is -1.40. The summed E-state index contributed by atoms with van der Waals surface area (Å²) >= 11 is 1.11. The molecule has 2 N–H and O–H groups in total. The van der Waals surface area contributed by atoms with E-state index in [9.17, 15) is 13.2 Å². The molecule has 0 saturated heterocycles. The van der Waals surface area contributed by atoms with Gasteiger partial charge < -0.3 is 5.73 Å². The minimum absolute atomic E-state index is 0.0614. The Morgan fingerprint density at radius 2 is 1.95 bits per heavy atom. The Kier molecular flexibility index (Phi) is 3.75. The molecule has 112 valence electrons. The summed E-state index contributed by atoms with van der Waals surface area (Å²) in [6.45, 7) is -0.115. The van der Waals surface area contributed by atoms with Gasteiger partial charge in [0.2, 0.25) is 0 Å².